The Morgan fingerprint density at radius 1 is 1.42 bits per heavy atom. The second-order valence-electron chi connectivity index (χ2n) is 6.53. The molecule has 2 heterocycles. The van der Waals surface area contributed by atoms with Crippen LogP contribution in [0.3, 0.4) is 0 Å². The zero-order valence-electron chi connectivity index (χ0n) is 13.0. The summed E-state index contributed by atoms with van der Waals surface area (Å²) >= 11 is 0. The molecule has 4 N–H and O–H groups in total. The molecule has 2 aliphatic heterocycles. The molecule has 2 unspecified atom stereocenters. The number of anilines is 1. The highest BCUT2D eigenvalue weighted by atomic mass is 19.3. The SMILES string of the molecule is CC1(C#N)C[C@@H]2[C@@H](C(F)F)OCC2(c2cc(N)ccc2F)N=C1N. The highest BCUT2D eigenvalue weighted by Crippen LogP contribution is 2.53. The molecule has 0 bridgehead atoms. The second-order valence-corrected chi connectivity index (χ2v) is 6.53. The molecule has 1 aromatic carbocycles. The van der Waals surface area contributed by atoms with Gasteiger partial charge in [0.2, 0.25) is 0 Å². The van der Waals surface area contributed by atoms with E-state index in [2.05, 4.69) is 4.99 Å². The second kappa shape index (κ2) is 5.38. The molecule has 0 spiro atoms. The lowest BCUT2D eigenvalue weighted by atomic mass is 9.66. The maximum atomic E-state index is 14.4. The van der Waals surface area contributed by atoms with Gasteiger partial charge in [0.1, 0.15) is 28.7 Å². The Labute approximate surface area is 137 Å². The molecule has 5 nitrogen and oxygen atoms in total. The molecule has 128 valence electrons. The first-order valence-electron chi connectivity index (χ1n) is 7.46. The Morgan fingerprint density at radius 3 is 2.75 bits per heavy atom. The van der Waals surface area contributed by atoms with Crippen molar-refractivity contribution in [2.45, 2.75) is 31.4 Å². The minimum absolute atomic E-state index is 0.00206. The van der Waals surface area contributed by atoms with Crippen LogP contribution in [0.15, 0.2) is 23.2 Å². The van der Waals surface area contributed by atoms with E-state index in [1.54, 1.807) is 0 Å². The zero-order chi connectivity index (χ0) is 17.7. The number of nitrogens with two attached hydrogens (primary N) is 2. The topological polar surface area (TPSA) is 97.4 Å². The fraction of sp³-hybridized carbons (Fsp3) is 0.500. The van der Waals surface area contributed by atoms with Crippen LogP contribution in [0.1, 0.15) is 18.9 Å². The largest absolute Gasteiger partial charge is 0.399 e. The molecular formula is C16H17F3N4O. The third-order valence-corrected chi connectivity index (χ3v) is 4.97. The lowest BCUT2D eigenvalue weighted by molar-refractivity contribution is -0.0430. The molecule has 1 fully saturated rings. The van der Waals surface area contributed by atoms with Crippen molar-refractivity contribution in [1.82, 2.24) is 0 Å². The van der Waals surface area contributed by atoms with E-state index in [0.29, 0.717) is 0 Å². The van der Waals surface area contributed by atoms with Crippen molar-refractivity contribution in [2.24, 2.45) is 22.1 Å². The van der Waals surface area contributed by atoms with Gasteiger partial charge in [-0.1, -0.05) is 0 Å². The fourth-order valence-corrected chi connectivity index (χ4v) is 3.56. The van der Waals surface area contributed by atoms with Crippen LogP contribution in [-0.4, -0.2) is 25.0 Å². The number of ether oxygens (including phenoxy) is 1. The zero-order valence-corrected chi connectivity index (χ0v) is 13.0. The van der Waals surface area contributed by atoms with Gasteiger partial charge in [-0.3, -0.25) is 4.99 Å². The minimum Gasteiger partial charge on any atom is -0.399 e. The molecule has 3 rings (SSSR count). The fourth-order valence-electron chi connectivity index (χ4n) is 3.56. The lowest BCUT2D eigenvalue weighted by Crippen LogP contribution is -2.50. The summed E-state index contributed by atoms with van der Waals surface area (Å²) in [5.41, 5.74) is 9.42. The lowest BCUT2D eigenvalue weighted by Gasteiger charge is -2.41. The number of fused-ring (bicyclic) bond motifs is 1. The van der Waals surface area contributed by atoms with Crippen molar-refractivity contribution in [3.8, 4) is 6.07 Å². The summed E-state index contributed by atoms with van der Waals surface area (Å²) in [6, 6.07) is 5.93. The molecule has 0 amide bonds. The number of nitrogens with zero attached hydrogens (tertiary/aromatic N) is 2. The number of halogens is 3. The Bertz CT molecular complexity index is 747. The van der Waals surface area contributed by atoms with Crippen molar-refractivity contribution < 1.29 is 17.9 Å². The summed E-state index contributed by atoms with van der Waals surface area (Å²) in [6.07, 6.45) is -4.23. The highest BCUT2D eigenvalue weighted by molar-refractivity contribution is 5.90. The van der Waals surface area contributed by atoms with Gasteiger partial charge in [-0.05, 0) is 31.5 Å². The van der Waals surface area contributed by atoms with Gasteiger partial charge in [-0.15, -0.1) is 0 Å². The molecule has 4 atom stereocenters. The van der Waals surface area contributed by atoms with Crippen molar-refractivity contribution in [1.29, 1.82) is 5.26 Å². The van der Waals surface area contributed by atoms with Gasteiger partial charge in [0.15, 0.2) is 0 Å². The Kier molecular flexibility index (Phi) is 3.72. The summed E-state index contributed by atoms with van der Waals surface area (Å²) in [5, 5.41) is 9.39. The molecule has 24 heavy (non-hydrogen) atoms. The average Bonchev–Trinajstić information content (AvgIpc) is 2.89. The first kappa shape index (κ1) is 16.6. The molecule has 8 heteroatoms. The van der Waals surface area contributed by atoms with E-state index < -0.39 is 35.2 Å². The molecule has 1 aromatic rings. The Hall–Kier alpha value is -2.27. The maximum Gasteiger partial charge on any atom is 0.264 e. The highest BCUT2D eigenvalue weighted by Gasteiger charge is 2.60. The number of amidine groups is 1. The number of hydrogen-bond acceptors (Lipinski definition) is 5. The van der Waals surface area contributed by atoms with Crippen molar-refractivity contribution in [3.63, 3.8) is 0 Å². The minimum atomic E-state index is -2.78. The predicted octanol–water partition coefficient (Wildman–Crippen LogP) is 2.17. The molecule has 0 saturated carbocycles. The normalized spacial score (nSPS) is 35.4. The van der Waals surface area contributed by atoms with Gasteiger partial charge in [-0.25, -0.2) is 13.2 Å². The van der Waals surface area contributed by atoms with Gasteiger partial charge < -0.3 is 16.2 Å². The summed E-state index contributed by atoms with van der Waals surface area (Å²) in [7, 11) is 0. The summed E-state index contributed by atoms with van der Waals surface area (Å²) in [6.45, 7) is 1.29. The smallest absolute Gasteiger partial charge is 0.264 e. The number of rotatable bonds is 2. The first-order chi connectivity index (χ1) is 11.2. The van der Waals surface area contributed by atoms with Crippen molar-refractivity contribution >= 4 is 11.5 Å². The van der Waals surface area contributed by atoms with E-state index in [4.69, 9.17) is 16.2 Å². The van der Waals surface area contributed by atoms with E-state index in [1.165, 1.54) is 19.1 Å². The van der Waals surface area contributed by atoms with Gasteiger partial charge in [0.05, 0.1) is 12.7 Å². The molecule has 0 aromatic heterocycles. The molecule has 2 aliphatic rings. The van der Waals surface area contributed by atoms with Crippen LogP contribution >= 0.6 is 0 Å². The number of hydrogen-bond donors (Lipinski definition) is 2. The third kappa shape index (κ3) is 2.23. The summed E-state index contributed by atoms with van der Waals surface area (Å²) in [4.78, 5) is 4.32. The standard InChI is InChI=1S/C16H17F3N4O/c1-15(6-20)5-10-12(13(18)19)24-7-16(10,23-14(15)22)9-4-8(21)2-3-11(9)17/h2-4,10,12-13H,5,7,21H2,1H3,(H2,22,23)/t10-,12+,15?,16?/m1/s1. The van der Waals surface area contributed by atoms with Gasteiger partial charge in [0, 0.05) is 17.2 Å². The third-order valence-electron chi connectivity index (χ3n) is 4.97. The number of alkyl halides is 2. The average molecular weight is 338 g/mol. The van der Waals surface area contributed by atoms with Crippen LogP contribution in [0.25, 0.3) is 0 Å². The van der Waals surface area contributed by atoms with Crippen LogP contribution in [0, 0.1) is 28.5 Å². The Morgan fingerprint density at radius 2 is 2.12 bits per heavy atom. The van der Waals surface area contributed by atoms with E-state index in [0.717, 1.165) is 6.07 Å². The summed E-state index contributed by atoms with van der Waals surface area (Å²) < 4.78 is 46.6. The van der Waals surface area contributed by atoms with Crippen LogP contribution in [0.4, 0.5) is 18.9 Å². The van der Waals surface area contributed by atoms with Crippen molar-refractivity contribution in [3.05, 3.63) is 29.6 Å². The quantitative estimate of drug-likeness (QED) is 0.808. The number of aliphatic imine (C=N–C) groups is 1. The predicted molar refractivity (Wildman–Crippen MR) is 81.7 cm³/mol. The number of nitrogen functional groups attached to an aromatic ring is 1. The van der Waals surface area contributed by atoms with E-state index in [-0.39, 0.29) is 30.1 Å². The van der Waals surface area contributed by atoms with Gasteiger partial charge in [-0.2, -0.15) is 5.26 Å². The van der Waals surface area contributed by atoms with E-state index in [9.17, 15) is 18.4 Å². The van der Waals surface area contributed by atoms with Crippen LogP contribution in [0.2, 0.25) is 0 Å². The molecule has 1 saturated heterocycles. The van der Waals surface area contributed by atoms with Crippen LogP contribution in [0.5, 0.6) is 0 Å². The van der Waals surface area contributed by atoms with Gasteiger partial charge in [0.25, 0.3) is 6.43 Å². The van der Waals surface area contributed by atoms with Crippen LogP contribution in [-0.2, 0) is 10.3 Å². The van der Waals surface area contributed by atoms with Gasteiger partial charge >= 0.3 is 0 Å². The Balaban J connectivity index is 2.23. The monoisotopic (exact) mass is 338 g/mol. The van der Waals surface area contributed by atoms with E-state index in [1.807, 2.05) is 6.07 Å². The van der Waals surface area contributed by atoms with Crippen molar-refractivity contribution in [2.75, 3.05) is 12.3 Å². The van der Waals surface area contributed by atoms with E-state index >= 15 is 0 Å². The molecule has 0 aliphatic carbocycles. The first-order valence-corrected chi connectivity index (χ1v) is 7.46. The van der Waals surface area contributed by atoms with Crippen LogP contribution < -0.4 is 11.5 Å². The molecule has 0 radical (unpaired) electrons. The number of nitriles is 1. The number of benzene rings is 1. The summed E-state index contributed by atoms with van der Waals surface area (Å²) in [5.74, 6) is -1.52. The maximum absolute atomic E-state index is 14.4. The molecular weight excluding hydrogens is 321 g/mol.